The number of carboxylic acids is 1. The summed E-state index contributed by atoms with van der Waals surface area (Å²) in [7, 11) is 0. The molecule has 0 amide bonds. The first-order valence-electron chi connectivity index (χ1n) is 5.79. The van der Waals surface area contributed by atoms with Crippen molar-refractivity contribution >= 4 is 17.6 Å². The van der Waals surface area contributed by atoms with Crippen molar-refractivity contribution in [3.05, 3.63) is 34.9 Å². The standard InChI is InChI=1S/C13H18ClNO2/c1-3-6-12(13(16)17)15-9(2)10-7-4-5-8-11(10)14/h4-5,7-9,12,15H,3,6H2,1-2H3,(H,16,17)/t9-,12?/m0/s1. The Bertz CT molecular complexity index is 381. The topological polar surface area (TPSA) is 49.3 Å². The first-order valence-corrected chi connectivity index (χ1v) is 6.17. The smallest absolute Gasteiger partial charge is 0.320 e. The van der Waals surface area contributed by atoms with Crippen LogP contribution in [0.15, 0.2) is 24.3 Å². The van der Waals surface area contributed by atoms with Crippen LogP contribution in [-0.2, 0) is 4.79 Å². The van der Waals surface area contributed by atoms with Crippen LogP contribution in [0, 0.1) is 0 Å². The maximum atomic E-state index is 11.0. The van der Waals surface area contributed by atoms with Gasteiger partial charge >= 0.3 is 5.97 Å². The molecule has 1 aromatic rings. The van der Waals surface area contributed by atoms with E-state index in [1.54, 1.807) is 0 Å². The number of carboxylic acid groups (broad SMARTS) is 1. The SMILES string of the molecule is CCCC(N[C@@H](C)c1ccccc1Cl)C(=O)O. The van der Waals surface area contributed by atoms with Gasteiger partial charge in [-0.2, -0.15) is 0 Å². The zero-order valence-electron chi connectivity index (χ0n) is 10.1. The predicted molar refractivity (Wildman–Crippen MR) is 69.3 cm³/mol. The van der Waals surface area contributed by atoms with E-state index in [2.05, 4.69) is 5.32 Å². The highest BCUT2D eigenvalue weighted by atomic mass is 35.5. The molecule has 0 radical (unpaired) electrons. The zero-order chi connectivity index (χ0) is 12.8. The summed E-state index contributed by atoms with van der Waals surface area (Å²) in [5.74, 6) is -0.814. The number of halogens is 1. The van der Waals surface area contributed by atoms with Crippen LogP contribution < -0.4 is 5.32 Å². The maximum absolute atomic E-state index is 11.0. The second-order valence-corrected chi connectivity index (χ2v) is 4.50. The highest BCUT2D eigenvalue weighted by molar-refractivity contribution is 6.31. The Labute approximate surface area is 107 Å². The maximum Gasteiger partial charge on any atom is 0.320 e. The fourth-order valence-corrected chi connectivity index (χ4v) is 2.08. The van der Waals surface area contributed by atoms with Gasteiger partial charge in [0, 0.05) is 11.1 Å². The minimum Gasteiger partial charge on any atom is -0.480 e. The van der Waals surface area contributed by atoms with Crippen LogP contribution in [0.5, 0.6) is 0 Å². The predicted octanol–water partition coefficient (Wildman–Crippen LogP) is 3.24. The summed E-state index contributed by atoms with van der Waals surface area (Å²) in [6.07, 6.45) is 1.45. The Morgan fingerprint density at radius 1 is 1.47 bits per heavy atom. The van der Waals surface area contributed by atoms with Crippen molar-refractivity contribution in [2.24, 2.45) is 0 Å². The summed E-state index contributed by atoms with van der Waals surface area (Å²) in [6.45, 7) is 3.89. The van der Waals surface area contributed by atoms with Gasteiger partial charge in [-0.3, -0.25) is 10.1 Å². The lowest BCUT2D eigenvalue weighted by atomic mass is 10.1. The van der Waals surface area contributed by atoms with Crippen molar-refractivity contribution in [1.82, 2.24) is 5.32 Å². The van der Waals surface area contributed by atoms with Crippen molar-refractivity contribution in [3.63, 3.8) is 0 Å². The highest BCUT2D eigenvalue weighted by Gasteiger charge is 2.19. The molecule has 0 fully saturated rings. The Morgan fingerprint density at radius 2 is 2.12 bits per heavy atom. The van der Waals surface area contributed by atoms with Gasteiger partial charge in [-0.15, -0.1) is 0 Å². The second-order valence-electron chi connectivity index (χ2n) is 4.09. The zero-order valence-corrected chi connectivity index (χ0v) is 10.9. The summed E-state index contributed by atoms with van der Waals surface area (Å²) in [5.41, 5.74) is 0.927. The van der Waals surface area contributed by atoms with Gasteiger partial charge in [0.15, 0.2) is 0 Å². The van der Waals surface area contributed by atoms with Crippen LogP contribution in [0.4, 0.5) is 0 Å². The van der Waals surface area contributed by atoms with Crippen molar-refractivity contribution in [3.8, 4) is 0 Å². The molecule has 1 rings (SSSR count). The molecular formula is C13H18ClNO2. The highest BCUT2D eigenvalue weighted by Crippen LogP contribution is 2.22. The van der Waals surface area contributed by atoms with Crippen LogP contribution in [0.2, 0.25) is 5.02 Å². The third kappa shape index (κ3) is 4.02. The van der Waals surface area contributed by atoms with E-state index in [4.69, 9.17) is 16.7 Å². The molecule has 0 saturated carbocycles. The minimum absolute atomic E-state index is 0.0728. The molecule has 1 aromatic carbocycles. The van der Waals surface area contributed by atoms with Gasteiger partial charge in [0.1, 0.15) is 6.04 Å². The van der Waals surface area contributed by atoms with E-state index < -0.39 is 12.0 Å². The molecule has 0 saturated heterocycles. The summed E-state index contributed by atoms with van der Waals surface area (Å²) < 4.78 is 0. The Morgan fingerprint density at radius 3 is 2.65 bits per heavy atom. The third-order valence-electron chi connectivity index (χ3n) is 2.70. The Hall–Kier alpha value is -1.06. The summed E-state index contributed by atoms with van der Waals surface area (Å²) in [6, 6.07) is 6.88. The van der Waals surface area contributed by atoms with E-state index in [0.29, 0.717) is 11.4 Å². The first-order chi connectivity index (χ1) is 8.06. The van der Waals surface area contributed by atoms with Crippen molar-refractivity contribution in [2.45, 2.75) is 38.8 Å². The van der Waals surface area contributed by atoms with Gasteiger partial charge in [0.2, 0.25) is 0 Å². The lowest BCUT2D eigenvalue weighted by Gasteiger charge is -2.20. The number of hydrogen-bond donors (Lipinski definition) is 2. The Kier molecular flexibility index (Phi) is 5.45. The number of benzene rings is 1. The summed E-state index contributed by atoms with van der Waals surface area (Å²) in [5, 5.41) is 12.8. The average Bonchev–Trinajstić information content (AvgIpc) is 2.28. The molecule has 2 atom stereocenters. The summed E-state index contributed by atoms with van der Waals surface area (Å²) in [4.78, 5) is 11.0. The molecule has 0 aliphatic heterocycles. The van der Waals surface area contributed by atoms with Crippen LogP contribution >= 0.6 is 11.6 Å². The van der Waals surface area contributed by atoms with Gasteiger partial charge in [-0.1, -0.05) is 43.1 Å². The lowest BCUT2D eigenvalue weighted by molar-refractivity contribution is -0.139. The third-order valence-corrected chi connectivity index (χ3v) is 3.04. The molecule has 94 valence electrons. The fraction of sp³-hybridized carbons (Fsp3) is 0.462. The number of hydrogen-bond acceptors (Lipinski definition) is 2. The van der Waals surface area contributed by atoms with E-state index in [-0.39, 0.29) is 6.04 Å². The minimum atomic E-state index is -0.814. The molecular weight excluding hydrogens is 238 g/mol. The molecule has 3 nitrogen and oxygen atoms in total. The average molecular weight is 256 g/mol. The van der Waals surface area contributed by atoms with E-state index in [0.717, 1.165) is 12.0 Å². The van der Waals surface area contributed by atoms with E-state index in [9.17, 15) is 4.79 Å². The fourth-order valence-electron chi connectivity index (χ4n) is 1.78. The lowest BCUT2D eigenvalue weighted by Crippen LogP contribution is -2.38. The van der Waals surface area contributed by atoms with Gasteiger partial charge in [-0.25, -0.2) is 0 Å². The number of nitrogens with one attached hydrogen (secondary N) is 1. The number of rotatable bonds is 6. The molecule has 0 aromatic heterocycles. The number of aliphatic carboxylic acids is 1. The molecule has 1 unspecified atom stereocenters. The molecule has 2 N–H and O–H groups in total. The van der Waals surface area contributed by atoms with Gasteiger partial charge in [0.25, 0.3) is 0 Å². The molecule has 17 heavy (non-hydrogen) atoms. The Balaban J connectivity index is 2.73. The van der Waals surface area contributed by atoms with Crippen LogP contribution in [0.25, 0.3) is 0 Å². The van der Waals surface area contributed by atoms with Crippen molar-refractivity contribution in [1.29, 1.82) is 0 Å². The largest absolute Gasteiger partial charge is 0.480 e. The van der Waals surface area contributed by atoms with Crippen LogP contribution in [0.1, 0.15) is 38.3 Å². The molecule has 0 spiro atoms. The van der Waals surface area contributed by atoms with Gasteiger partial charge in [0.05, 0.1) is 0 Å². The normalized spacial score (nSPS) is 14.3. The van der Waals surface area contributed by atoms with Crippen molar-refractivity contribution < 1.29 is 9.90 Å². The first kappa shape index (κ1) is 14.0. The van der Waals surface area contributed by atoms with E-state index in [1.807, 2.05) is 38.1 Å². The molecule has 0 heterocycles. The summed E-state index contributed by atoms with van der Waals surface area (Å²) >= 11 is 6.07. The van der Waals surface area contributed by atoms with E-state index in [1.165, 1.54) is 0 Å². The molecule has 0 aliphatic rings. The monoisotopic (exact) mass is 255 g/mol. The van der Waals surface area contributed by atoms with Crippen molar-refractivity contribution in [2.75, 3.05) is 0 Å². The number of carbonyl (C=O) groups is 1. The molecule has 4 heteroatoms. The van der Waals surface area contributed by atoms with Gasteiger partial charge < -0.3 is 5.11 Å². The van der Waals surface area contributed by atoms with Crippen LogP contribution in [0.3, 0.4) is 0 Å². The second kappa shape index (κ2) is 6.62. The van der Waals surface area contributed by atoms with E-state index >= 15 is 0 Å². The van der Waals surface area contributed by atoms with Gasteiger partial charge in [-0.05, 0) is 25.0 Å². The van der Waals surface area contributed by atoms with Crippen LogP contribution in [-0.4, -0.2) is 17.1 Å². The molecule has 0 bridgehead atoms. The molecule has 0 aliphatic carbocycles. The quantitative estimate of drug-likeness (QED) is 0.820.